The normalized spacial score (nSPS) is 15.4. The molecule has 2 aromatic heterocycles. The third-order valence-corrected chi connectivity index (χ3v) is 4.00. The lowest BCUT2D eigenvalue weighted by Crippen LogP contribution is -2.42. The number of carbonyl (C=O) groups is 2. The second-order valence-corrected chi connectivity index (χ2v) is 6.58. The van der Waals surface area contributed by atoms with E-state index in [0.717, 1.165) is 5.56 Å². The molecular weight excluding hydrogens is 376 g/mol. The van der Waals surface area contributed by atoms with Gasteiger partial charge in [0.2, 0.25) is 11.8 Å². The molecule has 0 atom stereocenters. The minimum atomic E-state index is -1.30. The fraction of sp³-hybridized carbons (Fsp3) is 0.150. The van der Waals surface area contributed by atoms with Crippen molar-refractivity contribution in [1.82, 2.24) is 15.2 Å². The smallest absolute Gasteiger partial charge is 0.350 e. The monoisotopic (exact) mass is 392 g/mol. The largest absolute Gasteiger partial charge is 0.419 e. The lowest BCUT2D eigenvalue weighted by molar-refractivity contribution is -0.222. The van der Waals surface area contributed by atoms with Crippen LogP contribution in [0.5, 0.6) is 0 Å². The summed E-state index contributed by atoms with van der Waals surface area (Å²) in [6.45, 7) is 2.97. The number of anilines is 1. The SMILES string of the molecule is CC1(C)OC(=O)C(=CNc2ccccc2-c2nnc(-c3ccncc3)o2)C(=O)O1. The maximum Gasteiger partial charge on any atom is 0.350 e. The molecule has 1 aliphatic heterocycles. The van der Waals surface area contributed by atoms with Gasteiger partial charge in [0.05, 0.1) is 11.3 Å². The maximum absolute atomic E-state index is 12.1. The summed E-state index contributed by atoms with van der Waals surface area (Å²) in [7, 11) is 0. The molecule has 1 aromatic carbocycles. The number of rotatable bonds is 4. The van der Waals surface area contributed by atoms with Gasteiger partial charge >= 0.3 is 11.9 Å². The first kappa shape index (κ1) is 18.4. The van der Waals surface area contributed by atoms with E-state index in [9.17, 15) is 9.59 Å². The summed E-state index contributed by atoms with van der Waals surface area (Å²) in [5.41, 5.74) is 1.63. The number of cyclic esters (lactones) is 2. The first-order valence-corrected chi connectivity index (χ1v) is 8.70. The molecule has 0 saturated carbocycles. The van der Waals surface area contributed by atoms with E-state index >= 15 is 0 Å². The van der Waals surface area contributed by atoms with Crippen LogP contribution in [0.25, 0.3) is 22.9 Å². The number of esters is 2. The van der Waals surface area contributed by atoms with Crippen LogP contribution in [0.15, 0.2) is 65.0 Å². The molecular formula is C20H16N4O5. The molecule has 146 valence electrons. The van der Waals surface area contributed by atoms with Crippen molar-refractivity contribution in [2.24, 2.45) is 0 Å². The molecule has 0 unspecified atom stereocenters. The number of nitrogens with zero attached hydrogens (tertiary/aromatic N) is 3. The number of carbonyl (C=O) groups excluding carboxylic acids is 2. The van der Waals surface area contributed by atoms with Crippen LogP contribution < -0.4 is 5.32 Å². The zero-order chi connectivity index (χ0) is 20.4. The Labute approximate surface area is 165 Å². The number of pyridine rings is 1. The number of para-hydroxylation sites is 1. The van der Waals surface area contributed by atoms with Crippen molar-refractivity contribution in [2.45, 2.75) is 19.6 Å². The topological polar surface area (TPSA) is 116 Å². The molecule has 9 heteroatoms. The van der Waals surface area contributed by atoms with Crippen LogP contribution in [0.1, 0.15) is 13.8 Å². The fourth-order valence-electron chi connectivity index (χ4n) is 2.67. The van der Waals surface area contributed by atoms with Gasteiger partial charge in [-0.25, -0.2) is 9.59 Å². The van der Waals surface area contributed by atoms with Crippen LogP contribution in [0.4, 0.5) is 5.69 Å². The predicted molar refractivity (Wildman–Crippen MR) is 101 cm³/mol. The average Bonchev–Trinajstić information content (AvgIpc) is 3.17. The van der Waals surface area contributed by atoms with Crippen molar-refractivity contribution in [3.05, 3.63) is 60.6 Å². The average molecular weight is 392 g/mol. The van der Waals surface area contributed by atoms with Gasteiger partial charge in [-0.1, -0.05) is 12.1 Å². The molecule has 0 radical (unpaired) electrons. The van der Waals surface area contributed by atoms with E-state index in [4.69, 9.17) is 13.9 Å². The van der Waals surface area contributed by atoms with E-state index in [0.29, 0.717) is 17.1 Å². The highest BCUT2D eigenvalue weighted by atomic mass is 16.7. The quantitative estimate of drug-likeness (QED) is 0.406. The Morgan fingerprint density at radius 2 is 1.59 bits per heavy atom. The van der Waals surface area contributed by atoms with E-state index < -0.39 is 17.7 Å². The molecule has 1 aliphatic rings. The molecule has 0 spiro atoms. The highest BCUT2D eigenvalue weighted by Crippen LogP contribution is 2.30. The third kappa shape index (κ3) is 3.84. The molecule has 3 aromatic rings. The number of hydrogen-bond acceptors (Lipinski definition) is 9. The minimum absolute atomic E-state index is 0.248. The van der Waals surface area contributed by atoms with Gasteiger partial charge in [0, 0.05) is 38.0 Å². The molecule has 4 rings (SSSR count). The fourth-order valence-corrected chi connectivity index (χ4v) is 2.67. The lowest BCUT2D eigenvalue weighted by Gasteiger charge is -2.29. The standard InChI is InChI=1S/C20H16N4O5/c1-20(2)28-18(25)14(19(26)29-20)11-22-15-6-4-3-5-13(15)17-24-23-16(27-17)12-7-9-21-10-8-12/h3-11,22H,1-2H3. The summed E-state index contributed by atoms with van der Waals surface area (Å²) in [5.74, 6) is -2.22. The number of nitrogens with one attached hydrogen (secondary N) is 1. The van der Waals surface area contributed by atoms with Gasteiger partial charge in [0.1, 0.15) is 0 Å². The molecule has 1 saturated heterocycles. The Kier molecular flexibility index (Phi) is 4.55. The minimum Gasteiger partial charge on any atom is -0.419 e. The van der Waals surface area contributed by atoms with Gasteiger partial charge in [-0.2, -0.15) is 0 Å². The second kappa shape index (κ2) is 7.19. The van der Waals surface area contributed by atoms with Crippen LogP contribution in [-0.4, -0.2) is 32.9 Å². The summed E-state index contributed by atoms with van der Waals surface area (Å²) >= 11 is 0. The molecule has 1 N–H and O–H groups in total. The predicted octanol–water partition coefficient (Wildman–Crippen LogP) is 2.93. The van der Waals surface area contributed by atoms with Crippen LogP contribution in [-0.2, 0) is 19.1 Å². The van der Waals surface area contributed by atoms with E-state index in [1.807, 2.05) is 0 Å². The first-order chi connectivity index (χ1) is 13.9. The van der Waals surface area contributed by atoms with Crippen LogP contribution in [0, 0.1) is 0 Å². The Hall–Kier alpha value is -4.01. The van der Waals surface area contributed by atoms with Gasteiger partial charge in [0.15, 0.2) is 5.57 Å². The van der Waals surface area contributed by atoms with Crippen LogP contribution in [0.3, 0.4) is 0 Å². The molecule has 1 fully saturated rings. The number of aromatic nitrogens is 3. The van der Waals surface area contributed by atoms with Crippen molar-refractivity contribution in [3.63, 3.8) is 0 Å². The van der Waals surface area contributed by atoms with Crippen LogP contribution in [0.2, 0.25) is 0 Å². The lowest BCUT2D eigenvalue weighted by atomic mass is 10.1. The number of hydrogen-bond donors (Lipinski definition) is 1. The first-order valence-electron chi connectivity index (χ1n) is 8.70. The molecule has 9 nitrogen and oxygen atoms in total. The molecule has 29 heavy (non-hydrogen) atoms. The summed E-state index contributed by atoms with van der Waals surface area (Å²) in [6.07, 6.45) is 4.49. The molecule has 0 bridgehead atoms. The van der Waals surface area contributed by atoms with Crippen molar-refractivity contribution in [2.75, 3.05) is 5.32 Å². The summed E-state index contributed by atoms with van der Waals surface area (Å²) in [4.78, 5) is 28.1. The van der Waals surface area contributed by atoms with E-state index in [2.05, 4.69) is 20.5 Å². The maximum atomic E-state index is 12.1. The molecule has 0 aliphatic carbocycles. The van der Waals surface area contributed by atoms with Crippen molar-refractivity contribution in [1.29, 1.82) is 0 Å². The highest BCUT2D eigenvalue weighted by Gasteiger charge is 2.39. The Balaban J connectivity index is 1.61. The van der Waals surface area contributed by atoms with E-state index in [1.165, 1.54) is 20.0 Å². The highest BCUT2D eigenvalue weighted by molar-refractivity contribution is 6.15. The Bertz CT molecular complexity index is 1080. The molecule has 0 amide bonds. The number of benzene rings is 1. The summed E-state index contributed by atoms with van der Waals surface area (Å²) in [5, 5.41) is 11.1. The summed E-state index contributed by atoms with van der Waals surface area (Å²) < 4.78 is 15.9. The van der Waals surface area contributed by atoms with Gasteiger partial charge in [-0.05, 0) is 24.3 Å². The van der Waals surface area contributed by atoms with Gasteiger partial charge in [0.25, 0.3) is 5.79 Å². The van der Waals surface area contributed by atoms with Crippen molar-refractivity contribution >= 4 is 17.6 Å². The Morgan fingerprint density at radius 3 is 2.31 bits per heavy atom. The third-order valence-electron chi connectivity index (χ3n) is 4.00. The summed E-state index contributed by atoms with van der Waals surface area (Å²) in [6, 6.07) is 10.6. The van der Waals surface area contributed by atoms with Crippen molar-refractivity contribution in [3.8, 4) is 22.9 Å². The van der Waals surface area contributed by atoms with Crippen molar-refractivity contribution < 1.29 is 23.5 Å². The zero-order valence-corrected chi connectivity index (χ0v) is 15.6. The molecule has 3 heterocycles. The van der Waals surface area contributed by atoms with E-state index in [-0.39, 0.29) is 11.5 Å². The van der Waals surface area contributed by atoms with Gasteiger partial charge in [-0.3, -0.25) is 4.98 Å². The zero-order valence-electron chi connectivity index (χ0n) is 15.6. The van der Waals surface area contributed by atoms with Crippen LogP contribution >= 0.6 is 0 Å². The number of ether oxygens (including phenoxy) is 2. The Morgan fingerprint density at radius 1 is 0.931 bits per heavy atom. The van der Waals surface area contributed by atoms with E-state index in [1.54, 1.807) is 48.8 Å². The second-order valence-electron chi connectivity index (χ2n) is 6.58. The van der Waals surface area contributed by atoms with Gasteiger partial charge in [-0.15, -0.1) is 10.2 Å². The van der Waals surface area contributed by atoms with Gasteiger partial charge < -0.3 is 19.2 Å².